The molecule has 1 unspecified atom stereocenters. The van der Waals surface area contributed by atoms with E-state index in [1.807, 2.05) is 41.5 Å². The average Bonchev–Trinajstić information content (AvgIpc) is 2.71. The maximum atomic E-state index is 12.3. The van der Waals surface area contributed by atoms with Crippen LogP contribution in [0, 0.1) is 11.8 Å². The van der Waals surface area contributed by atoms with Crippen molar-refractivity contribution >= 4 is 23.6 Å². The van der Waals surface area contributed by atoms with Gasteiger partial charge in [-0.1, -0.05) is 13.8 Å². The molecule has 0 radical (unpaired) electrons. The molecule has 0 saturated carbocycles. The number of rotatable bonds is 3. The summed E-state index contributed by atoms with van der Waals surface area (Å²) in [6.07, 6.45) is 1.40. The molecule has 2 aliphatic rings. The number of carbonyl (C=O) groups excluding carboxylic acids is 4. The van der Waals surface area contributed by atoms with Crippen molar-refractivity contribution in [2.45, 2.75) is 77.9 Å². The Hall–Kier alpha value is -1.96. The second kappa shape index (κ2) is 6.98. The minimum atomic E-state index is -0.995. The van der Waals surface area contributed by atoms with E-state index in [4.69, 9.17) is 0 Å². The number of nitrogens with zero attached hydrogens (tertiary/aromatic N) is 1. The van der Waals surface area contributed by atoms with Gasteiger partial charge < -0.3 is 10.6 Å². The molecule has 146 valence electrons. The molecule has 2 heterocycles. The summed E-state index contributed by atoms with van der Waals surface area (Å²) in [5, 5.41) is 6.91. The fraction of sp³-hybridized carbons (Fsp3) is 0.778. The van der Waals surface area contributed by atoms with Crippen LogP contribution in [-0.2, 0) is 19.2 Å². The van der Waals surface area contributed by atoms with Crippen LogP contribution in [0.4, 0.5) is 0 Å². The van der Waals surface area contributed by atoms with Gasteiger partial charge in [0.15, 0.2) is 0 Å². The molecule has 2 rings (SSSR count). The zero-order chi connectivity index (χ0) is 19.9. The van der Waals surface area contributed by atoms with Crippen molar-refractivity contribution in [2.75, 3.05) is 0 Å². The van der Waals surface area contributed by atoms with Gasteiger partial charge in [-0.25, -0.2) is 5.43 Å². The van der Waals surface area contributed by atoms with E-state index in [0.717, 1.165) is 0 Å². The van der Waals surface area contributed by atoms with Crippen molar-refractivity contribution in [3.63, 3.8) is 0 Å². The largest absolute Gasteiger partial charge is 0.345 e. The first kappa shape index (κ1) is 20.4. The van der Waals surface area contributed by atoms with E-state index >= 15 is 0 Å². The first-order valence-electron chi connectivity index (χ1n) is 9.09. The molecule has 26 heavy (non-hydrogen) atoms. The van der Waals surface area contributed by atoms with Gasteiger partial charge in [-0.2, -0.15) is 5.01 Å². The molecule has 0 aromatic rings. The first-order valence-corrected chi connectivity index (χ1v) is 9.09. The quantitative estimate of drug-likeness (QED) is 0.497. The third kappa shape index (κ3) is 4.60. The minimum absolute atomic E-state index is 0.0126. The molecule has 0 aromatic carbocycles. The highest BCUT2D eigenvalue weighted by molar-refractivity contribution is 6.35. The standard InChI is InChI=1S/C18H30N4O4/c1-10(2)12-7-13(23)22(16(12)26)20-15(25)14(24)19-11-8-17(3,4)21-18(5,6)9-11/h10-12,21H,7-9H2,1-6H3,(H,19,24)(H,20,25). The lowest BCUT2D eigenvalue weighted by atomic mass is 9.79. The van der Waals surface area contributed by atoms with Crippen LogP contribution in [0.2, 0.25) is 0 Å². The maximum absolute atomic E-state index is 12.3. The van der Waals surface area contributed by atoms with Crippen LogP contribution < -0.4 is 16.1 Å². The van der Waals surface area contributed by atoms with Crippen molar-refractivity contribution in [2.24, 2.45) is 11.8 Å². The molecule has 8 nitrogen and oxygen atoms in total. The number of hydrazine groups is 1. The van der Waals surface area contributed by atoms with Crippen molar-refractivity contribution in [3.05, 3.63) is 0 Å². The number of carbonyl (C=O) groups is 4. The Morgan fingerprint density at radius 2 is 1.62 bits per heavy atom. The van der Waals surface area contributed by atoms with Gasteiger partial charge >= 0.3 is 11.8 Å². The van der Waals surface area contributed by atoms with Gasteiger partial charge in [-0.15, -0.1) is 0 Å². The highest BCUT2D eigenvalue weighted by atomic mass is 16.2. The van der Waals surface area contributed by atoms with Gasteiger partial charge in [-0.3, -0.25) is 19.2 Å². The van der Waals surface area contributed by atoms with E-state index < -0.39 is 29.5 Å². The van der Waals surface area contributed by atoms with Crippen molar-refractivity contribution in [1.82, 2.24) is 21.1 Å². The Kier molecular flexibility index (Phi) is 5.46. The molecule has 3 N–H and O–H groups in total. The number of hydrogen-bond acceptors (Lipinski definition) is 5. The van der Waals surface area contributed by atoms with E-state index in [-0.39, 0.29) is 29.5 Å². The van der Waals surface area contributed by atoms with Gasteiger partial charge in [0.1, 0.15) is 0 Å². The zero-order valence-electron chi connectivity index (χ0n) is 16.4. The van der Waals surface area contributed by atoms with Gasteiger partial charge in [0, 0.05) is 23.5 Å². The van der Waals surface area contributed by atoms with Crippen LogP contribution >= 0.6 is 0 Å². The Bertz CT molecular complexity index is 611. The van der Waals surface area contributed by atoms with Crippen LogP contribution in [0.3, 0.4) is 0 Å². The predicted molar refractivity (Wildman–Crippen MR) is 95.4 cm³/mol. The van der Waals surface area contributed by atoms with Crippen molar-refractivity contribution < 1.29 is 19.2 Å². The SMILES string of the molecule is CC(C)C1CC(=O)N(NC(=O)C(=O)NC2CC(C)(C)NC(C)(C)C2)C1=O. The number of imide groups is 1. The second-order valence-electron chi connectivity index (χ2n) is 9.03. The summed E-state index contributed by atoms with van der Waals surface area (Å²) in [6, 6.07) is -0.173. The van der Waals surface area contributed by atoms with Gasteiger partial charge in [-0.05, 0) is 46.5 Å². The van der Waals surface area contributed by atoms with Crippen molar-refractivity contribution in [1.29, 1.82) is 0 Å². The van der Waals surface area contributed by atoms with Gasteiger partial charge in [0.05, 0.1) is 5.92 Å². The van der Waals surface area contributed by atoms with Crippen LogP contribution in [0.1, 0.15) is 60.8 Å². The van der Waals surface area contributed by atoms with E-state index in [2.05, 4.69) is 16.1 Å². The van der Waals surface area contributed by atoms with E-state index in [1.54, 1.807) is 0 Å². The topological polar surface area (TPSA) is 108 Å². The van der Waals surface area contributed by atoms with Gasteiger partial charge in [0.2, 0.25) is 5.91 Å². The zero-order valence-corrected chi connectivity index (χ0v) is 16.4. The van der Waals surface area contributed by atoms with E-state index in [1.165, 1.54) is 0 Å². The Labute approximate surface area is 154 Å². The lowest BCUT2D eigenvalue weighted by Crippen LogP contribution is -2.63. The molecular weight excluding hydrogens is 336 g/mol. The maximum Gasteiger partial charge on any atom is 0.328 e. The molecule has 0 aromatic heterocycles. The number of hydrogen-bond donors (Lipinski definition) is 3. The Balaban J connectivity index is 1.97. The molecule has 2 saturated heterocycles. The molecule has 4 amide bonds. The normalized spacial score (nSPS) is 25.5. The smallest absolute Gasteiger partial charge is 0.328 e. The highest BCUT2D eigenvalue weighted by Gasteiger charge is 2.42. The summed E-state index contributed by atoms with van der Waals surface area (Å²) in [5.41, 5.74) is 1.80. The minimum Gasteiger partial charge on any atom is -0.345 e. The monoisotopic (exact) mass is 366 g/mol. The van der Waals surface area contributed by atoms with Gasteiger partial charge in [0.25, 0.3) is 5.91 Å². The second-order valence-corrected chi connectivity index (χ2v) is 9.03. The lowest BCUT2D eigenvalue weighted by molar-refractivity contribution is -0.152. The van der Waals surface area contributed by atoms with Crippen LogP contribution in [0.15, 0.2) is 0 Å². The number of piperidine rings is 1. The van der Waals surface area contributed by atoms with Crippen LogP contribution in [0.25, 0.3) is 0 Å². The van der Waals surface area contributed by atoms with Crippen molar-refractivity contribution in [3.8, 4) is 0 Å². The van der Waals surface area contributed by atoms with Crippen LogP contribution in [-0.4, -0.2) is 45.8 Å². The third-order valence-corrected chi connectivity index (χ3v) is 4.93. The summed E-state index contributed by atoms with van der Waals surface area (Å²) < 4.78 is 0. The predicted octanol–water partition coefficient (Wildman–Crippen LogP) is 0.474. The highest BCUT2D eigenvalue weighted by Crippen LogP contribution is 2.28. The summed E-state index contributed by atoms with van der Waals surface area (Å²) in [4.78, 5) is 48.6. The first-order chi connectivity index (χ1) is 11.8. The Morgan fingerprint density at radius 1 is 1.08 bits per heavy atom. The lowest BCUT2D eigenvalue weighted by Gasteiger charge is -2.46. The van der Waals surface area contributed by atoms with Crippen LogP contribution in [0.5, 0.6) is 0 Å². The number of amides is 4. The molecule has 0 spiro atoms. The molecular formula is C18H30N4O4. The molecule has 0 bridgehead atoms. The summed E-state index contributed by atoms with van der Waals surface area (Å²) >= 11 is 0. The molecule has 8 heteroatoms. The average molecular weight is 366 g/mol. The fourth-order valence-electron chi connectivity index (χ4n) is 4.12. The summed E-state index contributed by atoms with van der Waals surface area (Å²) in [7, 11) is 0. The molecule has 1 atom stereocenters. The third-order valence-electron chi connectivity index (χ3n) is 4.93. The summed E-state index contributed by atoms with van der Waals surface area (Å²) in [5.74, 6) is -3.25. The number of nitrogens with one attached hydrogen (secondary N) is 3. The van der Waals surface area contributed by atoms with E-state index in [9.17, 15) is 19.2 Å². The fourth-order valence-corrected chi connectivity index (χ4v) is 4.12. The molecule has 0 aliphatic carbocycles. The molecule has 2 aliphatic heterocycles. The Morgan fingerprint density at radius 3 is 2.08 bits per heavy atom. The van der Waals surface area contributed by atoms with E-state index in [0.29, 0.717) is 17.9 Å². The molecule has 2 fully saturated rings. The summed E-state index contributed by atoms with van der Waals surface area (Å²) in [6.45, 7) is 11.9.